The van der Waals surface area contributed by atoms with Crippen LogP contribution in [0.2, 0.25) is 0 Å². The predicted molar refractivity (Wildman–Crippen MR) is 107 cm³/mol. The Hall–Kier alpha value is -3.61. The fourth-order valence-corrected chi connectivity index (χ4v) is 3.04. The van der Waals surface area contributed by atoms with E-state index in [0.717, 1.165) is 17.4 Å². The number of esters is 1. The number of aromatic nitrogens is 4. The quantitative estimate of drug-likeness (QED) is 0.447. The summed E-state index contributed by atoms with van der Waals surface area (Å²) in [6.07, 6.45) is 4.37. The zero-order valence-electron chi connectivity index (χ0n) is 16.2. The summed E-state index contributed by atoms with van der Waals surface area (Å²) in [4.78, 5) is 26.1. The normalized spacial score (nSPS) is 12.1. The topological polar surface area (TPSA) is 91.0 Å². The van der Waals surface area contributed by atoms with Crippen LogP contribution in [0.5, 0.6) is 0 Å². The van der Waals surface area contributed by atoms with Gasteiger partial charge in [0.15, 0.2) is 11.9 Å². The van der Waals surface area contributed by atoms with E-state index in [1.54, 1.807) is 25.4 Å². The Balaban J connectivity index is 1.67. The number of nitrogens with zero attached hydrogens (tertiary/aromatic N) is 4. The van der Waals surface area contributed by atoms with E-state index in [9.17, 15) is 4.79 Å². The lowest BCUT2D eigenvalue weighted by Crippen LogP contribution is -2.11. The molecule has 0 spiro atoms. The molecule has 0 aliphatic rings. The Morgan fingerprint density at radius 2 is 2.03 bits per heavy atom. The second kappa shape index (κ2) is 8.18. The lowest BCUT2D eigenvalue weighted by molar-refractivity contribution is 0.0267. The number of carbonyl (C=O) groups is 1. The third-order valence-corrected chi connectivity index (χ3v) is 4.48. The number of ether oxygens (including phenoxy) is 1. The van der Waals surface area contributed by atoms with Gasteiger partial charge in [-0.15, -0.1) is 0 Å². The van der Waals surface area contributed by atoms with Gasteiger partial charge in [-0.05, 0) is 37.6 Å². The molecule has 4 rings (SSSR count). The number of carbonyl (C=O) groups excluding carboxylic acids is 1. The molecule has 1 unspecified atom stereocenters. The van der Waals surface area contributed by atoms with Crippen molar-refractivity contribution in [2.45, 2.75) is 32.8 Å². The van der Waals surface area contributed by atoms with Crippen LogP contribution in [-0.4, -0.2) is 26.1 Å². The number of rotatable bonds is 6. The maximum Gasteiger partial charge on any atom is 0.339 e. The summed E-state index contributed by atoms with van der Waals surface area (Å²) in [7, 11) is 0. The highest BCUT2D eigenvalue weighted by Crippen LogP contribution is 2.26. The van der Waals surface area contributed by atoms with Crippen LogP contribution in [0.25, 0.3) is 22.2 Å². The molecule has 3 aromatic heterocycles. The number of pyridine rings is 2. The molecule has 3 heterocycles. The first kappa shape index (κ1) is 18.7. The van der Waals surface area contributed by atoms with Crippen LogP contribution in [0.3, 0.4) is 0 Å². The Kier molecular flexibility index (Phi) is 5.29. The van der Waals surface area contributed by atoms with Crippen molar-refractivity contribution in [3.05, 3.63) is 72.1 Å². The molecular weight excluding hydrogens is 368 g/mol. The maximum atomic E-state index is 13.0. The summed E-state index contributed by atoms with van der Waals surface area (Å²) in [5.41, 5.74) is 2.60. The molecule has 0 saturated carbocycles. The van der Waals surface area contributed by atoms with E-state index >= 15 is 0 Å². The van der Waals surface area contributed by atoms with E-state index in [1.165, 1.54) is 0 Å². The highest BCUT2D eigenvalue weighted by atomic mass is 16.6. The van der Waals surface area contributed by atoms with Gasteiger partial charge in [-0.2, -0.15) is 4.98 Å². The van der Waals surface area contributed by atoms with E-state index < -0.39 is 12.1 Å². The monoisotopic (exact) mass is 388 g/mol. The largest absolute Gasteiger partial charge is 0.449 e. The van der Waals surface area contributed by atoms with Crippen molar-refractivity contribution in [1.82, 2.24) is 20.1 Å². The molecule has 7 nitrogen and oxygen atoms in total. The summed E-state index contributed by atoms with van der Waals surface area (Å²) >= 11 is 0. The van der Waals surface area contributed by atoms with Crippen LogP contribution in [-0.2, 0) is 11.2 Å². The molecule has 146 valence electrons. The number of fused-ring (bicyclic) bond motifs is 1. The molecule has 0 aliphatic carbocycles. The van der Waals surface area contributed by atoms with Gasteiger partial charge in [0.2, 0.25) is 0 Å². The molecule has 1 aromatic carbocycles. The molecule has 0 amide bonds. The van der Waals surface area contributed by atoms with Gasteiger partial charge in [-0.25, -0.2) is 9.78 Å². The number of para-hydroxylation sites is 1. The van der Waals surface area contributed by atoms with Gasteiger partial charge in [-0.3, -0.25) is 4.98 Å². The minimum Gasteiger partial charge on any atom is -0.449 e. The first-order valence-corrected chi connectivity index (χ1v) is 9.49. The van der Waals surface area contributed by atoms with E-state index in [2.05, 4.69) is 20.1 Å². The van der Waals surface area contributed by atoms with Gasteiger partial charge in [0.25, 0.3) is 5.89 Å². The second-order valence-electron chi connectivity index (χ2n) is 6.66. The minimum absolute atomic E-state index is 0.285. The van der Waals surface area contributed by atoms with Crippen LogP contribution in [0.15, 0.2) is 59.4 Å². The molecule has 1 atom stereocenters. The van der Waals surface area contributed by atoms with Crippen LogP contribution in [0.4, 0.5) is 0 Å². The first-order valence-electron chi connectivity index (χ1n) is 9.49. The molecule has 0 aliphatic heterocycles. The van der Waals surface area contributed by atoms with Gasteiger partial charge in [0.1, 0.15) is 0 Å². The van der Waals surface area contributed by atoms with Crippen molar-refractivity contribution in [3.63, 3.8) is 0 Å². The minimum atomic E-state index is -0.658. The maximum absolute atomic E-state index is 13.0. The summed E-state index contributed by atoms with van der Waals surface area (Å²) in [6.45, 7) is 3.75. The van der Waals surface area contributed by atoms with E-state index in [-0.39, 0.29) is 5.89 Å². The lowest BCUT2D eigenvalue weighted by Gasteiger charge is -2.12. The molecule has 0 N–H and O–H groups in total. The second-order valence-corrected chi connectivity index (χ2v) is 6.66. The molecule has 29 heavy (non-hydrogen) atoms. The lowest BCUT2D eigenvalue weighted by atomic mass is 10.1. The van der Waals surface area contributed by atoms with Crippen molar-refractivity contribution in [3.8, 4) is 11.3 Å². The van der Waals surface area contributed by atoms with Crippen molar-refractivity contribution < 1.29 is 14.1 Å². The molecular formula is C22H20N4O3. The highest BCUT2D eigenvalue weighted by Gasteiger charge is 2.22. The fourth-order valence-electron chi connectivity index (χ4n) is 3.04. The highest BCUT2D eigenvalue weighted by molar-refractivity contribution is 6.04. The van der Waals surface area contributed by atoms with Crippen LogP contribution >= 0.6 is 0 Å². The Bertz CT molecular complexity index is 1140. The molecule has 7 heteroatoms. The van der Waals surface area contributed by atoms with Gasteiger partial charge in [0, 0.05) is 29.8 Å². The predicted octanol–water partition coefficient (Wildman–Crippen LogP) is 4.55. The van der Waals surface area contributed by atoms with Crippen molar-refractivity contribution in [2.75, 3.05) is 0 Å². The molecule has 0 fully saturated rings. The summed E-state index contributed by atoms with van der Waals surface area (Å²) in [5.74, 6) is 0.419. The van der Waals surface area contributed by atoms with Crippen LogP contribution in [0.1, 0.15) is 48.4 Å². The fraction of sp³-hybridized carbons (Fsp3) is 0.227. The van der Waals surface area contributed by atoms with E-state index in [1.807, 2.05) is 43.3 Å². The number of hydrogen-bond donors (Lipinski definition) is 0. The van der Waals surface area contributed by atoms with Crippen molar-refractivity contribution in [2.24, 2.45) is 0 Å². The summed E-state index contributed by atoms with van der Waals surface area (Å²) in [5, 5.41) is 4.63. The SMILES string of the molecule is CCCc1noc(C(C)OC(=O)c2cc(-c3cccnc3)nc3ccccc23)n1. The average Bonchev–Trinajstić information content (AvgIpc) is 3.22. The van der Waals surface area contributed by atoms with E-state index in [4.69, 9.17) is 9.26 Å². The van der Waals surface area contributed by atoms with Gasteiger partial charge >= 0.3 is 5.97 Å². The number of aryl methyl sites for hydroxylation is 1. The third kappa shape index (κ3) is 3.99. The zero-order chi connectivity index (χ0) is 20.2. The molecule has 0 radical (unpaired) electrons. The van der Waals surface area contributed by atoms with Gasteiger partial charge < -0.3 is 9.26 Å². The number of benzene rings is 1. The van der Waals surface area contributed by atoms with Crippen molar-refractivity contribution >= 4 is 16.9 Å². The summed E-state index contributed by atoms with van der Waals surface area (Å²) in [6, 6.07) is 12.9. The summed E-state index contributed by atoms with van der Waals surface area (Å²) < 4.78 is 10.9. The molecule has 0 bridgehead atoms. The Morgan fingerprint density at radius 3 is 2.83 bits per heavy atom. The van der Waals surface area contributed by atoms with Gasteiger partial charge in [0.05, 0.1) is 16.8 Å². The molecule has 0 saturated heterocycles. The third-order valence-electron chi connectivity index (χ3n) is 4.48. The van der Waals surface area contributed by atoms with Gasteiger partial charge in [-0.1, -0.05) is 30.3 Å². The van der Waals surface area contributed by atoms with Crippen LogP contribution in [0, 0.1) is 0 Å². The van der Waals surface area contributed by atoms with Crippen molar-refractivity contribution in [1.29, 1.82) is 0 Å². The average molecular weight is 388 g/mol. The van der Waals surface area contributed by atoms with E-state index in [0.29, 0.717) is 29.0 Å². The smallest absolute Gasteiger partial charge is 0.339 e. The number of hydrogen-bond acceptors (Lipinski definition) is 7. The standard InChI is InChI=1S/C22H20N4O3/c1-3-7-20-25-21(29-26-20)14(2)28-22(27)17-12-19(15-8-6-11-23-13-15)24-18-10-5-4-9-16(17)18/h4-6,8-14H,3,7H2,1-2H3. The zero-order valence-corrected chi connectivity index (χ0v) is 16.2. The Morgan fingerprint density at radius 1 is 1.17 bits per heavy atom. The Labute approximate surface area is 167 Å². The van der Waals surface area contributed by atoms with Crippen LogP contribution < -0.4 is 0 Å². The first-order chi connectivity index (χ1) is 14.2. The molecule has 4 aromatic rings.